The van der Waals surface area contributed by atoms with Gasteiger partial charge in [-0.2, -0.15) is 0 Å². The Labute approximate surface area is 116 Å². The first-order valence-corrected chi connectivity index (χ1v) is 6.50. The molecule has 0 saturated carbocycles. The zero-order chi connectivity index (χ0) is 13.9. The maximum atomic E-state index is 12.9. The van der Waals surface area contributed by atoms with E-state index in [2.05, 4.69) is 4.98 Å². The van der Waals surface area contributed by atoms with Gasteiger partial charge in [-0.05, 0) is 35.4 Å². The van der Waals surface area contributed by atoms with Gasteiger partial charge in [0.05, 0.1) is 11.6 Å². The molecule has 20 heavy (non-hydrogen) atoms. The second-order valence-electron chi connectivity index (χ2n) is 4.76. The molecular weight excluding hydrogens is 253 g/mol. The predicted octanol–water partition coefficient (Wildman–Crippen LogP) is 3.65. The molecule has 1 heterocycles. The van der Waals surface area contributed by atoms with Crippen LogP contribution in [-0.4, -0.2) is 10.1 Å². The average molecular weight is 267 g/mol. The van der Waals surface area contributed by atoms with E-state index in [4.69, 9.17) is 0 Å². The summed E-state index contributed by atoms with van der Waals surface area (Å²) in [5, 5.41) is 11.3. The zero-order valence-electron chi connectivity index (χ0n) is 10.8. The second-order valence-corrected chi connectivity index (χ2v) is 4.76. The normalized spacial score (nSPS) is 12.5. The van der Waals surface area contributed by atoms with Gasteiger partial charge in [0.15, 0.2) is 0 Å². The first kappa shape index (κ1) is 12.8. The van der Waals surface area contributed by atoms with Crippen LogP contribution in [0.15, 0.2) is 60.8 Å². The van der Waals surface area contributed by atoms with Crippen LogP contribution < -0.4 is 0 Å². The molecule has 0 aliphatic heterocycles. The van der Waals surface area contributed by atoms with Crippen LogP contribution in [0.2, 0.25) is 0 Å². The number of nitrogens with zero attached hydrogens (tertiary/aromatic N) is 1. The molecule has 3 rings (SSSR count). The highest BCUT2D eigenvalue weighted by molar-refractivity contribution is 5.81. The van der Waals surface area contributed by atoms with Crippen molar-refractivity contribution in [1.29, 1.82) is 0 Å². The second kappa shape index (κ2) is 5.39. The molecule has 0 aliphatic carbocycles. The lowest BCUT2D eigenvalue weighted by Crippen LogP contribution is -2.02. The number of rotatable bonds is 3. The van der Waals surface area contributed by atoms with Gasteiger partial charge in [-0.3, -0.25) is 4.98 Å². The van der Waals surface area contributed by atoms with E-state index in [9.17, 15) is 9.50 Å². The largest absolute Gasteiger partial charge is 0.388 e. The molecule has 3 aromatic rings. The minimum Gasteiger partial charge on any atom is -0.388 e. The smallest absolute Gasteiger partial charge is 0.123 e. The van der Waals surface area contributed by atoms with Gasteiger partial charge in [0, 0.05) is 18.0 Å². The Morgan fingerprint density at radius 1 is 1.00 bits per heavy atom. The number of para-hydroxylation sites is 1. The summed E-state index contributed by atoms with van der Waals surface area (Å²) in [4.78, 5) is 4.30. The number of hydrogen-bond donors (Lipinski definition) is 1. The van der Waals surface area contributed by atoms with Crippen LogP contribution in [0, 0.1) is 5.82 Å². The lowest BCUT2D eigenvalue weighted by Gasteiger charge is -2.12. The van der Waals surface area contributed by atoms with E-state index in [-0.39, 0.29) is 5.82 Å². The molecule has 0 saturated heterocycles. The fourth-order valence-corrected chi connectivity index (χ4v) is 2.34. The molecule has 100 valence electrons. The third kappa shape index (κ3) is 2.53. The van der Waals surface area contributed by atoms with Crippen LogP contribution in [0.3, 0.4) is 0 Å². The Morgan fingerprint density at radius 3 is 2.55 bits per heavy atom. The zero-order valence-corrected chi connectivity index (χ0v) is 10.8. The van der Waals surface area contributed by atoms with Crippen molar-refractivity contribution in [1.82, 2.24) is 4.98 Å². The number of aromatic nitrogens is 1. The molecule has 0 fully saturated rings. The van der Waals surface area contributed by atoms with Crippen LogP contribution in [0.1, 0.15) is 17.2 Å². The van der Waals surface area contributed by atoms with Crippen molar-refractivity contribution in [2.75, 3.05) is 0 Å². The van der Waals surface area contributed by atoms with E-state index >= 15 is 0 Å². The Bertz CT molecular complexity index is 719. The number of halogens is 1. The number of hydrogen-bond acceptors (Lipinski definition) is 2. The van der Waals surface area contributed by atoms with E-state index < -0.39 is 6.10 Å². The minimum atomic E-state index is -0.651. The van der Waals surface area contributed by atoms with Gasteiger partial charge in [0.1, 0.15) is 5.82 Å². The predicted molar refractivity (Wildman–Crippen MR) is 76.8 cm³/mol. The Kier molecular flexibility index (Phi) is 3.44. The van der Waals surface area contributed by atoms with Crippen LogP contribution in [0.5, 0.6) is 0 Å². The Morgan fingerprint density at radius 2 is 1.75 bits per heavy atom. The summed E-state index contributed by atoms with van der Waals surface area (Å²) in [6.07, 6.45) is 1.57. The van der Waals surface area contributed by atoms with Crippen molar-refractivity contribution < 1.29 is 9.50 Å². The summed E-state index contributed by atoms with van der Waals surface area (Å²) >= 11 is 0. The van der Waals surface area contributed by atoms with Crippen LogP contribution in [0.25, 0.3) is 10.9 Å². The van der Waals surface area contributed by atoms with Crippen LogP contribution in [0.4, 0.5) is 4.39 Å². The number of benzene rings is 2. The average Bonchev–Trinajstić information content (AvgIpc) is 2.48. The number of fused-ring (bicyclic) bond motifs is 1. The standard InChI is InChI=1S/C17H14FNO/c18-14-7-5-12(6-8-14)17(20)11-13-9-10-19-16-4-2-1-3-15(13)16/h1-10,17,20H,11H2. The molecule has 1 N–H and O–H groups in total. The molecule has 0 aliphatic rings. The maximum absolute atomic E-state index is 12.9. The first-order chi connectivity index (χ1) is 9.74. The minimum absolute atomic E-state index is 0.296. The Hall–Kier alpha value is -2.26. The van der Waals surface area contributed by atoms with Gasteiger partial charge in [0.25, 0.3) is 0 Å². The third-order valence-corrected chi connectivity index (χ3v) is 3.41. The van der Waals surface area contributed by atoms with Gasteiger partial charge in [-0.25, -0.2) is 4.39 Å². The van der Waals surface area contributed by atoms with E-state index in [0.717, 1.165) is 16.5 Å². The van der Waals surface area contributed by atoms with E-state index in [0.29, 0.717) is 12.0 Å². The molecule has 0 spiro atoms. The summed E-state index contributed by atoms with van der Waals surface area (Å²) in [5.74, 6) is -0.296. The fraction of sp³-hybridized carbons (Fsp3) is 0.118. The van der Waals surface area contributed by atoms with Crippen molar-refractivity contribution in [2.24, 2.45) is 0 Å². The monoisotopic (exact) mass is 267 g/mol. The summed E-state index contributed by atoms with van der Waals surface area (Å²) in [5.41, 5.74) is 2.66. The highest BCUT2D eigenvalue weighted by Gasteiger charge is 2.11. The molecule has 1 unspecified atom stereocenters. The molecule has 3 heteroatoms. The van der Waals surface area contributed by atoms with Gasteiger partial charge in [-0.1, -0.05) is 30.3 Å². The summed E-state index contributed by atoms with van der Waals surface area (Å²) in [6, 6.07) is 15.7. The molecule has 0 amide bonds. The summed E-state index contributed by atoms with van der Waals surface area (Å²) in [7, 11) is 0. The highest BCUT2D eigenvalue weighted by atomic mass is 19.1. The van der Waals surface area contributed by atoms with Crippen LogP contribution in [-0.2, 0) is 6.42 Å². The topological polar surface area (TPSA) is 33.1 Å². The molecule has 1 aromatic heterocycles. The van der Waals surface area contributed by atoms with Crippen molar-refractivity contribution in [3.63, 3.8) is 0 Å². The number of aliphatic hydroxyl groups is 1. The quantitative estimate of drug-likeness (QED) is 0.785. The Balaban J connectivity index is 1.91. The number of pyridine rings is 1. The third-order valence-electron chi connectivity index (χ3n) is 3.41. The molecule has 2 nitrogen and oxygen atoms in total. The lowest BCUT2D eigenvalue weighted by atomic mass is 9.99. The van der Waals surface area contributed by atoms with Crippen molar-refractivity contribution in [2.45, 2.75) is 12.5 Å². The molecule has 2 aromatic carbocycles. The van der Waals surface area contributed by atoms with Crippen molar-refractivity contribution in [3.05, 3.63) is 77.7 Å². The molecular formula is C17H14FNO. The SMILES string of the molecule is OC(Cc1ccnc2ccccc12)c1ccc(F)cc1. The van der Waals surface area contributed by atoms with E-state index in [1.807, 2.05) is 30.3 Å². The van der Waals surface area contributed by atoms with E-state index in [1.54, 1.807) is 18.3 Å². The highest BCUT2D eigenvalue weighted by Crippen LogP contribution is 2.23. The summed E-state index contributed by atoms with van der Waals surface area (Å²) in [6.45, 7) is 0. The van der Waals surface area contributed by atoms with Crippen LogP contribution >= 0.6 is 0 Å². The van der Waals surface area contributed by atoms with Crippen molar-refractivity contribution in [3.8, 4) is 0 Å². The first-order valence-electron chi connectivity index (χ1n) is 6.50. The van der Waals surface area contributed by atoms with Crippen molar-refractivity contribution >= 4 is 10.9 Å². The maximum Gasteiger partial charge on any atom is 0.123 e. The molecule has 0 radical (unpaired) electrons. The van der Waals surface area contributed by atoms with Gasteiger partial charge in [0.2, 0.25) is 0 Å². The van der Waals surface area contributed by atoms with Gasteiger partial charge < -0.3 is 5.11 Å². The number of aliphatic hydroxyl groups excluding tert-OH is 1. The van der Waals surface area contributed by atoms with Gasteiger partial charge in [-0.15, -0.1) is 0 Å². The molecule has 0 bridgehead atoms. The fourth-order valence-electron chi connectivity index (χ4n) is 2.34. The summed E-state index contributed by atoms with van der Waals surface area (Å²) < 4.78 is 12.9. The lowest BCUT2D eigenvalue weighted by molar-refractivity contribution is 0.178. The molecule has 1 atom stereocenters. The van der Waals surface area contributed by atoms with E-state index in [1.165, 1.54) is 12.1 Å². The van der Waals surface area contributed by atoms with Gasteiger partial charge >= 0.3 is 0 Å².